The zero-order valence-electron chi connectivity index (χ0n) is 24.1. The quantitative estimate of drug-likeness (QED) is 0.421. The van der Waals surface area contributed by atoms with Crippen molar-refractivity contribution in [2.75, 3.05) is 52.6 Å². The largest absolute Gasteiger partial charge is 0.573 e. The van der Waals surface area contributed by atoms with Crippen LogP contribution in [0.1, 0.15) is 29.5 Å². The highest BCUT2D eigenvalue weighted by Crippen LogP contribution is 2.42. The molecule has 43 heavy (non-hydrogen) atoms. The van der Waals surface area contributed by atoms with Gasteiger partial charge in [-0.15, -0.1) is 13.2 Å². The third-order valence-electron chi connectivity index (χ3n) is 8.49. The number of para-hydroxylation sites is 1. The molecule has 3 aliphatic heterocycles. The molecule has 1 saturated heterocycles. The molecule has 2 aromatic rings. The van der Waals surface area contributed by atoms with Crippen molar-refractivity contribution in [3.63, 3.8) is 0 Å². The summed E-state index contributed by atoms with van der Waals surface area (Å²) < 4.78 is 54.0. The zero-order chi connectivity index (χ0) is 30.0. The molecule has 6 rings (SSSR count). The first-order chi connectivity index (χ1) is 20.8. The average molecular weight is 598 g/mol. The van der Waals surface area contributed by atoms with Crippen molar-refractivity contribution in [3.8, 4) is 17.2 Å². The molecular formula is C32H38F3N5O3. The van der Waals surface area contributed by atoms with Gasteiger partial charge in [-0.3, -0.25) is 9.80 Å². The van der Waals surface area contributed by atoms with E-state index in [4.69, 9.17) is 20.9 Å². The highest BCUT2D eigenvalue weighted by molar-refractivity contribution is 5.85. The minimum absolute atomic E-state index is 0.0976. The second-order valence-corrected chi connectivity index (χ2v) is 11.3. The van der Waals surface area contributed by atoms with Gasteiger partial charge in [0.15, 0.2) is 11.5 Å². The summed E-state index contributed by atoms with van der Waals surface area (Å²) in [6.45, 7) is 7.28. The summed E-state index contributed by atoms with van der Waals surface area (Å²) >= 11 is 0. The Hall–Kier alpha value is -3.51. The number of halogens is 3. The molecule has 3 heterocycles. The number of fused-ring (bicyclic) bond motifs is 2. The van der Waals surface area contributed by atoms with Crippen LogP contribution in [0.15, 0.2) is 65.9 Å². The van der Waals surface area contributed by atoms with Crippen LogP contribution in [0.5, 0.6) is 17.2 Å². The molecule has 0 bridgehead atoms. The molecular weight excluding hydrogens is 559 g/mol. The third-order valence-corrected chi connectivity index (χ3v) is 8.49. The summed E-state index contributed by atoms with van der Waals surface area (Å²) in [4.78, 5) is 7.23. The van der Waals surface area contributed by atoms with Gasteiger partial charge in [-0.05, 0) is 59.9 Å². The molecule has 2 aromatic carbocycles. The van der Waals surface area contributed by atoms with Crippen molar-refractivity contribution in [1.82, 2.24) is 14.7 Å². The average Bonchev–Trinajstić information content (AvgIpc) is 3.61. The smallest absolute Gasteiger partial charge is 0.454 e. The van der Waals surface area contributed by atoms with Crippen LogP contribution in [0, 0.1) is 0 Å². The molecule has 0 amide bonds. The van der Waals surface area contributed by atoms with Crippen molar-refractivity contribution in [1.29, 1.82) is 0 Å². The molecule has 4 N–H and O–H groups in total. The first kappa shape index (κ1) is 29.6. The van der Waals surface area contributed by atoms with E-state index in [0.717, 1.165) is 86.9 Å². The van der Waals surface area contributed by atoms with Crippen LogP contribution in [0.4, 0.5) is 13.2 Å². The van der Waals surface area contributed by atoms with Crippen LogP contribution in [0.2, 0.25) is 0 Å². The van der Waals surface area contributed by atoms with Gasteiger partial charge in [0.25, 0.3) is 0 Å². The third kappa shape index (κ3) is 6.70. The highest BCUT2D eigenvalue weighted by atomic mass is 19.4. The van der Waals surface area contributed by atoms with E-state index >= 15 is 0 Å². The van der Waals surface area contributed by atoms with Gasteiger partial charge >= 0.3 is 6.36 Å². The van der Waals surface area contributed by atoms with E-state index in [2.05, 4.69) is 43.9 Å². The maximum atomic E-state index is 12.9. The zero-order valence-corrected chi connectivity index (χ0v) is 24.1. The fourth-order valence-corrected chi connectivity index (χ4v) is 6.39. The molecule has 0 aromatic heterocycles. The minimum atomic E-state index is -4.76. The van der Waals surface area contributed by atoms with E-state index in [0.29, 0.717) is 12.1 Å². The number of nitrogens with two attached hydrogens (primary N) is 2. The Morgan fingerprint density at radius 1 is 0.953 bits per heavy atom. The number of piperazine rings is 1. The number of nitrogens with zero attached hydrogens (tertiary/aromatic N) is 3. The number of hydrogen-bond donors (Lipinski definition) is 2. The van der Waals surface area contributed by atoms with E-state index in [-0.39, 0.29) is 25.1 Å². The Kier molecular flexibility index (Phi) is 8.67. The summed E-state index contributed by atoms with van der Waals surface area (Å²) in [6.07, 6.45) is 3.66. The van der Waals surface area contributed by atoms with Crippen LogP contribution in [0.25, 0.3) is 5.57 Å². The van der Waals surface area contributed by atoms with Crippen molar-refractivity contribution in [2.45, 2.75) is 38.3 Å². The normalized spacial score (nSPS) is 20.5. The predicted molar refractivity (Wildman–Crippen MR) is 158 cm³/mol. The molecule has 0 radical (unpaired) electrons. The van der Waals surface area contributed by atoms with Gasteiger partial charge in [0, 0.05) is 69.7 Å². The van der Waals surface area contributed by atoms with Gasteiger partial charge in [-0.25, -0.2) is 0 Å². The fraction of sp³-hybridized carbons (Fsp3) is 0.438. The predicted octanol–water partition coefficient (Wildman–Crippen LogP) is 4.22. The second kappa shape index (κ2) is 12.6. The lowest BCUT2D eigenvalue weighted by Gasteiger charge is -2.36. The van der Waals surface area contributed by atoms with Crippen LogP contribution in [-0.2, 0) is 13.1 Å². The summed E-state index contributed by atoms with van der Waals surface area (Å²) in [6, 6.07) is 10.7. The van der Waals surface area contributed by atoms with Gasteiger partial charge in [-0.1, -0.05) is 30.4 Å². The summed E-state index contributed by atoms with van der Waals surface area (Å²) in [5.74, 6) is 1.42. The second-order valence-electron chi connectivity index (χ2n) is 11.3. The standard InChI is InChI=1S/C32H38F3N5O3/c33-32(34,35)43-25-6-7-26(24(16-25)17-37)28-20-40(10-2-9-36)29-8-5-22(15-27(28)29)18-38-11-13-39(14-12-38)19-23-3-1-4-30-31(23)42-21-41-30/h1,3-7,15-16,20,29H,2,8-14,17-19,21,36-37H2. The molecule has 0 saturated carbocycles. The van der Waals surface area contributed by atoms with Gasteiger partial charge < -0.3 is 30.6 Å². The van der Waals surface area contributed by atoms with Crippen molar-refractivity contribution < 1.29 is 27.4 Å². The maximum absolute atomic E-state index is 12.9. The first-order valence-corrected chi connectivity index (χ1v) is 14.8. The Labute approximate surface area is 249 Å². The minimum Gasteiger partial charge on any atom is -0.454 e. The number of benzene rings is 2. The van der Waals surface area contributed by atoms with E-state index < -0.39 is 6.36 Å². The molecule has 1 aliphatic carbocycles. The molecule has 0 spiro atoms. The summed E-state index contributed by atoms with van der Waals surface area (Å²) in [5.41, 5.74) is 17.9. The van der Waals surface area contributed by atoms with Crippen LogP contribution in [0.3, 0.4) is 0 Å². The monoisotopic (exact) mass is 597 g/mol. The van der Waals surface area contributed by atoms with Crippen LogP contribution < -0.4 is 25.7 Å². The Balaban J connectivity index is 1.14. The fourth-order valence-electron chi connectivity index (χ4n) is 6.39. The molecule has 4 aliphatic rings. The number of ether oxygens (including phenoxy) is 3. The first-order valence-electron chi connectivity index (χ1n) is 14.8. The highest BCUT2D eigenvalue weighted by Gasteiger charge is 2.34. The lowest BCUT2D eigenvalue weighted by atomic mass is 9.87. The van der Waals surface area contributed by atoms with Gasteiger partial charge in [0.05, 0.1) is 6.04 Å². The lowest BCUT2D eigenvalue weighted by molar-refractivity contribution is -0.274. The van der Waals surface area contributed by atoms with Crippen molar-refractivity contribution in [2.24, 2.45) is 11.5 Å². The Morgan fingerprint density at radius 3 is 2.49 bits per heavy atom. The maximum Gasteiger partial charge on any atom is 0.573 e. The van der Waals surface area contributed by atoms with Crippen LogP contribution in [-0.4, -0.2) is 79.7 Å². The number of alkyl halides is 3. The Bertz CT molecular complexity index is 1420. The van der Waals surface area contributed by atoms with Gasteiger partial charge in [-0.2, -0.15) is 0 Å². The van der Waals surface area contributed by atoms with Crippen molar-refractivity contribution >= 4 is 5.57 Å². The van der Waals surface area contributed by atoms with Crippen LogP contribution >= 0.6 is 0 Å². The molecule has 230 valence electrons. The molecule has 1 atom stereocenters. The SMILES string of the molecule is NCCCN1C=C(c2ccc(OC(F)(F)F)cc2CN)C2=CC(CN3CCN(Cc4cccc5c4OCO5)CC3)=CCC21. The topological polar surface area (TPSA) is 89.4 Å². The molecule has 11 heteroatoms. The van der Waals surface area contributed by atoms with Gasteiger partial charge in [0.2, 0.25) is 6.79 Å². The van der Waals surface area contributed by atoms with Crippen molar-refractivity contribution in [3.05, 3.63) is 82.6 Å². The number of rotatable bonds is 10. The van der Waals surface area contributed by atoms with E-state index in [9.17, 15) is 13.2 Å². The molecule has 1 fully saturated rings. The Morgan fingerprint density at radius 2 is 1.74 bits per heavy atom. The number of hydrogen-bond acceptors (Lipinski definition) is 8. The summed E-state index contributed by atoms with van der Waals surface area (Å²) in [5, 5.41) is 0. The molecule has 1 unspecified atom stereocenters. The lowest BCUT2D eigenvalue weighted by Crippen LogP contribution is -2.46. The summed E-state index contributed by atoms with van der Waals surface area (Å²) in [7, 11) is 0. The van der Waals surface area contributed by atoms with E-state index in [1.54, 1.807) is 6.07 Å². The van der Waals surface area contributed by atoms with Gasteiger partial charge in [0.1, 0.15) is 5.75 Å². The molecule has 8 nitrogen and oxygen atoms in total. The van der Waals surface area contributed by atoms with E-state index in [1.165, 1.54) is 23.3 Å². The van der Waals surface area contributed by atoms with E-state index in [1.807, 2.05) is 12.1 Å².